The van der Waals surface area contributed by atoms with E-state index in [-0.39, 0.29) is 10.6 Å². The van der Waals surface area contributed by atoms with Crippen LogP contribution < -0.4 is 0 Å². The lowest BCUT2D eigenvalue weighted by Gasteiger charge is -2.10. The molecule has 0 aromatic heterocycles. The molecule has 0 spiro atoms. The molecule has 0 saturated carbocycles. The minimum atomic E-state index is -3.78. The quantitative estimate of drug-likeness (QED) is 0.637. The molecule has 98 valence electrons. The first-order valence-electron chi connectivity index (χ1n) is 4.95. The number of carbonyl (C=O) groups is 1. The molecule has 1 N–H and O–H groups in total. The van der Waals surface area contributed by atoms with Crippen LogP contribution in [-0.2, 0) is 14.6 Å². The number of non-ortho nitro benzene ring substituents is 1. The fourth-order valence-electron chi connectivity index (χ4n) is 1.35. The molecule has 1 rings (SSSR count). The number of carboxylic acid groups (broad SMARTS) is 1. The normalized spacial score (nSPS) is 12.9. The molecule has 0 saturated heterocycles. The topological polar surface area (TPSA) is 115 Å². The molecule has 0 unspecified atom stereocenters. The van der Waals surface area contributed by atoms with Crippen LogP contribution in [0.5, 0.6) is 0 Å². The van der Waals surface area contributed by atoms with E-state index in [4.69, 9.17) is 5.11 Å². The predicted molar refractivity (Wildman–Crippen MR) is 62.0 cm³/mol. The number of nitro benzene ring substituents is 1. The summed E-state index contributed by atoms with van der Waals surface area (Å²) in [6.45, 7) is 1.28. The van der Waals surface area contributed by atoms with Crippen molar-refractivity contribution >= 4 is 21.5 Å². The molecule has 0 amide bonds. The van der Waals surface area contributed by atoms with E-state index in [1.807, 2.05) is 0 Å². The number of hydrogen-bond acceptors (Lipinski definition) is 5. The Kier molecular flexibility index (Phi) is 4.02. The molecule has 0 bridgehead atoms. The van der Waals surface area contributed by atoms with Crippen LogP contribution in [0, 0.1) is 10.1 Å². The third-order valence-corrected chi connectivity index (χ3v) is 4.52. The number of nitro groups is 1. The molecule has 0 aliphatic rings. The van der Waals surface area contributed by atoms with Crippen molar-refractivity contribution < 1.29 is 23.2 Å². The molecular weight excluding hydrogens is 262 g/mol. The molecule has 0 aliphatic heterocycles. The van der Waals surface area contributed by atoms with E-state index < -0.39 is 32.4 Å². The number of aliphatic carboxylic acids is 1. The molecule has 0 aliphatic carbocycles. The summed E-state index contributed by atoms with van der Waals surface area (Å²) in [6.07, 6.45) is -0.515. The third-order valence-electron chi connectivity index (χ3n) is 2.37. The summed E-state index contributed by atoms with van der Waals surface area (Å²) in [5.41, 5.74) is -0.222. The number of carboxylic acids is 1. The second kappa shape index (κ2) is 5.13. The number of benzene rings is 1. The maximum absolute atomic E-state index is 11.9. The van der Waals surface area contributed by atoms with E-state index in [9.17, 15) is 23.3 Å². The van der Waals surface area contributed by atoms with Gasteiger partial charge in [-0.3, -0.25) is 14.9 Å². The Hall–Kier alpha value is -1.96. The highest BCUT2D eigenvalue weighted by Gasteiger charge is 2.25. The second-order valence-electron chi connectivity index (χ2n) is 3.70. The summed E-state index contributed by atoms with van der Waals surface area (Å²) in [6, 6.07) is 4.35. The smallest absolute Gasteiger partial charge is 0.304 e. The van der Waals surface area contributed by atoms with Gasteiger partial charge in [0.1, 0.15) is 0 Å². The zero-order valence-corrected chi connectivity index (χ0v) is 10.3. The van der Waals surface area contributed by atoms with Crippen LogP contribution in [0.3, 0.4) is 0 Å². The Bertz CT molecular complexity index is 563. The van der Waals surface area contributed by atoms with Crippen molar-refractivity contribution in [3.63, 3.8) is 0 Å². The molecule has 1 aromatic rings. The summed E-state index contributed by atoms with van der Waals surface area (Å²) in [7, 11) is -3.78. The van der Waals surface area contributed by atoms with E-state index in [1.165, 1.54) is 6.92 Å². The van der Waals surface area contributed by atoms with Gasteiger partial charge < -0.3 is 5.11 Å². The highest BCUT2D eigenvalue weighted by atomic mass is 32.2. The zero-order chi connectivity index (χ0) is 13.9. The summed E-state index contributed by atoms with van der Waals surface area (Å²) >= 11 is 0. The van der Waals surface area contributed by atoms with Crippen LogP contribution in [0.2, 0.25) is 0 Å². The van der Waals surface area contributed by atoms with Gasteiger partial charge in [0, 0.05) is 12.1 Å². The van der Waals surface area contributed by atoms with E-state index in [0.29, 0.717) is 0 Å². The number of rotatable bonds is 5. The Morgan fingerprint density at radius 2 is 1.89 bits per heavy atom. The Morgan fingerprint density at radius 1 is 1.39 bits per heavy atom. The van der Waals surface area contributed by atoms with Crippen molar-refractivity contribution in [2.24, 2.45) is 0 Å². The van der Waals surface area contributed by atoms with Crippen molar-refractivity contribution in [2.75, 3.05) is 0 Å². The van der Waals surface area contributed by atoms with Crippen LogP contribution in [-0.4, -0.2) is 29.7 Å². The molecule has 18 heavy (non-hydrogen) atoms. The molecular formula is C10H11NO6S. The summed E-state index contributed by atoms with van der Waals surface area (Å²) in [5, 5.41) is 17.9. The first kappa shape index (κ1) is 14.1. The van der Waals surface area contributed by atoms with Gasteiger partial charge in [0.15, 0.2) is 9.84 Å². The Balaban J connectivity index is 3.05. The molecule has 0 radical (unpaired) electrons. The van der Waals surface area contributed by atoms with Gasteiger partial charge in [0.05, 0.1) is 21.5 Å². The Labute approximate surface area is 103 Å². The van der Waals surface area contributed by atoms with Gasteiger partial charge in [-0.25, -0.2) is 8.42 Å². The summed E-state index contributed by atoms with van der Waals surface area (Å²) in [4.78, 5) is 20.1. The van der Waals surface area contributed by atoms with Crippen molar-refractivity contribution in [1.29, 1.82) is 0 Å². The lowest BCUT2D eigenvalue weighted by atomic mass is 10.3. The van der Waals surface area contributed by atoms with E-state index in [2.05, 4.69) is 0 Å². The Morgan fingerprint density at radius 3 is 2.28 bits per heavy atom. The third kappa shape index (κ3) is 3.04. The van der Waals surface area contributed by atoms with Crippen molar-refractivity contribution in [3.8, 4) is 0 Å². The van der Waals surface area contributed by atoms with Gasteiger partial charge in [0.25, 0.3) is 5.69 Å². The number of sulfone groups is 1. The molecule has 1 aromatic carbocycles. The minimum absolute atomic E-state index is 0.123. The van der Waals surface area contributed by atoms with Crippen LogP contribution in [0.1, 0.15) is 13.3 Å². The number of nitrogens with zero attached hydrogens (tertiary/aromatic N) is 1. The summed E-state index contributed by atoms with van der Waals surface area (Å²) < 4.78 is 23.8. The lowest BCUT2D eigenvalue weighted by Crippen LogP contribution is -2.21. The average Bonchev–Trinajstić information content (AvgIpc) is 2.28. The van der Waals surface area contributed by atoms with E-state index in [0.717, 1.165) is 24.3 Å². The highest BCUT2D eigenvalue weighted by Crippen LogP contribution is 2.21. The minimum Gasteiger partial charge on any atom is -0.481 e. The van der Waals surface area contributed by atoms with Gasteiger partial charge in [0.2, 0.25) is 0 Å². The van der Waals surface area contributed by atoms with E-state index >= 15 is 0 Å². The zero-order valence-electron chi connectivity index (χ0n) is 9.44. The molecule has 0 heterocycles. The lowest BCUT2D eigenvalue weighted by molar-refractivity contribution is -0.384. The highest BCUT2D eigenvalue weighted by molar-refractivity contribution is 7.92. The van der Waals surface area contributed by atoms with Crippen molar-refractivity contribution in [3.05, 3.63) is 34.4 Å². The number of hydrogen-bond donors (Lipinski definition) is 1. The van der Waals surface area contributed by atoms with Gasteiger partial charge in [-0.1, -0.05) is 0 Å². The van der Waals surface area contributed by atoms with Gasteiger partial charge in [-0.15, -0.1) is 0 Å². The fourth-order valence-corrected chi connectivity index (χ4v) is 2.69. The fraction of sp³-hybridized carbons (Fsp3) is 0.300. The maximum Gasteiger partial charge on any atom is 0.304 e. The van der Waals surface area contributed by atoms with Crippen molar-refractivity contribution in [2.45, 2.75) is 23.5 Å². The molecule has 8 heteroatoms. The monoisotopic (exact) mass is 273 g/mol. The second-order valence-corrected chi connectivity index (χ2v) is 6.07. The van der Waals surface area contributed by atoms with Crippen LogP contribution >= 0.6 is 0 Å². The van der Waals surface area contributed by atoms with Gasteiger partial charge in [-0.05, 0) is 19.1 Å². The van der Waals surface area contributed by atoms with Crippen molar-refractivity contribution in [1.82, 2.24) is 0 Å². The largest absolute Gasteiger partial charge is 0.481 e. The first-order chi connectivity index (χ1) is 8.25. The standard InChI is InChI=1S/C10H11NO6S/c1-7(6-10(12)13)18(16,17)9-4-2-8(3-5-9)11(14)15/h2-5,7H,6H2,1H3,(H,12,13)/t7-/m0/s1. The van der Waals surface area contributed by atoms with Gasteiger partial charge >= 0.3 is 5.97 Å². The molecule has 1 atom stereocenters. The molecule has 0 fully saturated rings. The predicted octanol–water partition coefficient (Wildman–Crippen LogP) is 1.23. The SMILES string of the molecule is C[C@@H](CC(=O)O)S(=O)(=O)c1ccc([N+](=O)[O-])cc1. The first-order valence-corrected chi connectivity index (χ1v) is 6.50. The van der Waals surface area contributed by atoms with E-state index in [1.54, 1.807) is 0 Å². The maximum atomic E-state index is 11.9. The van der Waals surface area contributed by atoms with Crippen LogP contribution in [0.25, 0.3) is 0 Å². The molecule has 7 nitrogen and oxygen atoms in total. The van der Waals surface area contributed by atoms with Gasteiger partial charge in [-0.2, -0.15) is 0 Å². The average molecular weight is 273 g/mol. The van der Waals surface area contributed by atoms with Crippen LogP contribution in [0.4, 0.5) is 5.69 Å². The summed E-state index contributed by atoms with van der Waals surface area (Å²) in [5.74, 6) is -1.21. The van der Waals surface area contributed by atoms with Crippen LogP contribution in [0.15, 0.2) is 29.2 Å².